The molecule has 0 aromatic rings. The zero-order valence-corrected chi connectivity index (χ0v) is 13.2. The van der Waals surface area contributed by atoms with Gasteiger partial charge in [0.1, 0.15) is 6.04 Å². The second-order valence-electron chi connectivity index (χ2n) is 5.79. The molecule has 0 rings (SSSR count). The second-order valence-corrected chi connectivity index (χ2v) is 5.79. The average Bonchev–Trinajstić information content (AvgIpc) is 2.33. The summed E-state index contributed by atoms with van der Waals surface area (Å²) in [5.74, 6) is -0.306. The van der Waals surface area contributed by atoms with E-state index in [1.165, 1.54) is 7.11 Å². The molecule has 0 spiro atoms. The van der Waals surface area contributed by atoms with Crippen LogP contribution in [-0.4, -0.2) is 46.1 Å². The van der Waals surface area contributed by atoms with Gasteiger partial charge in [-0.2, -0.15) is 0 Å². The van der Waals surface area contributed by atoms with Crippen LogP contribution in [0.4, 0.5) is 0 Å². The van der Waals surface area contributed by atoms with E-state index in [4.69, 9.17) is 12.6 Å². The summed E-state index contributed by atoms with van der Waals surface area (Å²) in [6.07, 6.45) is 0.572. The molecule has 0 aliphatic rings. The Morgan fingerprint density at radius 2 is 1.95 bits per heavy atom. The first kappa shape index (κ1) is 19.0. The smallest absolute Gasteiger partial charge is 0.328 e. The van der Waals surface area contributed by atoms with Gasteiger partial charge in [0.05, 0.1) is 15.0 Å². The predicted molar refractivity (Wildman–Crippen MR) is 78.6 cm³/mol. The fourth-order valence-corrected chi connectivity index (χ4v) is 1.66. The van der Waals surface area contributed by atoms with Gasteiger partial charge in [0.15, 0.2) is 0 Å². The molecule has 0 fully saturated rings. The molecule has 0 aliphatic heterocycles. The van der Waals surface area contributed by atoms with Crippen molar-refractivity contribution in [3.8, 4) is 0 Å². The summed E-state index contributed by atoms with van der Waals surface area (Å²) in [5.41, 5.74) is 0. The number of carbonyl (C=O) groups is 2. The summed E-state index contributed by atoms with van der Waals surface area (Å²) < 4.78 is 10.1. The quantitative estimate of drug-likeness (QED) is 0.514. The molecule has 2 radical (unpaired) electrons. The van der Waals surface area contributed by atoms with E-state index < -0.39 is 17.3 Å². The van der Waals surface area contributed by atoms with Crippen LogP contribution in [0.2, 0.25) is 5.31 Å². The lowest BCUT2D eigenvalue weighted by atomic mass is 9.68. The van der Waals surface area contributed by atoms with E-state index in [0.717, 1.165) is 0 Å². The second kappa shape index (κ2) is 9.00. The molecule has 0 heterocycles. The lowest BCUT2D eigenvalue weighted by molar-refractivity contribution is -0.145. The first-order valence-electron chi connectivity index (χ1n) is 6.95. The Morgan fingerprint density at radius 1 is 1.35 bits per heavy atom. The van der Waals surface area contributed by atoms with Crippen LogP contribution in [0.3, 0.4) is 0 Å². The summed E-state index contributed by atoms with van der Waals surface area (Å²) in [6.45, 7) is 8.55. The molecule has 20 heavy (non-hydrogen) atoms. The van der Waals surface area contributed by atoms with Crippen LogP contribution in [-0.2, 0) is 19.1 Å². The van der Waals surface area contributed by atoms with E-state index in [0.29, 0.717) is 25.6 Å². The van der Waals surface area contributed by atoms with Crippen LogP contribution in [0.25, 0.3) is 0 Å². The summed E-state index contributed by atoms with van der Waals surface area (Å²) in [6, 6.07) is -0.625. The number of carbonyl (C=O) groups excluding carboxylic acids is 2. The molecular formula is C14H26BNO4. The van der Waals surface area contributed by atoms with Gasteiger partial charge in [-0.15, -0.1) is 0 Å². The topological polar surface area (TPSA) is 64.6 Å². The van der Waals surface area contributed by atoms with Crippen LogP contribution in [0.15, 0.2) is 0 Å². The predicted octanol–water partition coefficient (Wildman–Crippen LogP) is 1.46. The third-order valence-electron chi connectivity index (χ3n) is 2.68. The highest BCUT2D eigenvalue weighted by Gasteiger charge is 2.25. The molecule has 2 unspecified atom stereocenters. The molecule has 0 aromatic carbocycles. The largest absolute Gasteiger partial charge is 0.467 e. The SMILES string of the molecule is [B]C(C)(COCC(C)C)CC(=O)NC(CC)C(=O)OC. The molecule has 0 saturated carbocycles. The highest BCUT2D eigenvalue weighted by Crippen LogP contribution is 2.25. The van der Waals surface area contributed by atoms with E-state index in [1.807, 2.05) is 13.8 Å². The van der Waals surface area contributed by atoms with Crippen molar-refractivity contribution in [3.63, 3.8) is 0 Å². The maximum atomic E-state index is 11.9. The van der Waals surface area contributed by atoms with E-state index in [2.05, 4.69) is 10.1 Å². The molecule has 114 valence electrons. The summed E-state index contributed by atoms with van der Waals surface area (Å²) in [7, 11) is 7.32. The van der Waals surface area contributed by atoms with Crippen molar-refractivity contribution in [2.24, 2.45) is 5.92 Å². The molecule has 0 bridgehead atoms. The van der Waals surface area contributed by atoms with Gasteiger partial charge in [0.2, 0.25) is 5.91 Å². The Hall–Kier alpha value is -1.04. The minimum atomic E-state index is -0.757. The van der Waals surface area contributed by atoms with Gasteiger partial charge in [-0.25, -0.2) is 4.79 Å². The zero-order chi connectivity index (χ0) is 15.8. The number of amides is 1. The highest BCUT2D eigenvalue weighted by atomic mass is 16.5. The Kier molecular flexibility index (Phi) is 8.54. The van der Waals surface area contributed by atoms with Gasteiger partial charge < -0.3 is 14.8 Å². The van der Waals surface area contributed by atoms with Crippen molar-refractivity contribution in [3.05, 3.63) is 0 Å². The van der Waals surface area contributed by atoms with Gasteiger partial charge in [0.25, 0.3) is 0 Å². The number of methoxy groups -OCH3 is 1. The fourth-order valence-electron chi connectivity index (χ4n) is 1.66. The third-order valence-corrected chi connectivity index (χ3v) is 2.68. The first-order valence-corrected chi connectivity index (χ1v) is 6.95. The minimum Gasteiger partial charge on any atom is -0.467 e. The lowest BCUT2D eigenvalue weighted by Crippen LogP contribution is -2.42. The van der Waals surface area contributed by atoms with E-state index >= 15 is 0 Å². The molecule has 5 nitrogen and oxygen atoms in total. The van der Waals surface area contributed by atoms with Crippen LogP contribution in [0.5, 0.6) is 0 Å². The van der Waals surface area contributed by atoms with Gasteiger partial charge >= 0.3 is 5.97 Å². The fraction of sp³-hybridized carbons (Fsp3) is 0.857. The maximum Gasteiger partial charge on any atom is 0.328 e. The van der Waals surface area contributed by atoms with Crippen molar-refractivity contribution in [1.82, 2.24) is 5.32 Å². The van der Waals surface area contributed by atoms with Crippen molar-refractivity contribution < 1.29 is 19.1 Å². The number of rotatable bonds is 9. The number of nitrogens with one attached hydrogen (secondary N) is 1. The van der Waals surface area contributed by atoms with Crippen molar-refractivity contribution >= 4 is 19.7 Å². The van der Waals surface area contributed by atoms with Gasteiger partial charge in [-0.3, -0.25) is 4.79 Å². The molecule has 0 aromatic heterocycles. The van der Waals surface area contributed by atoms with E-state index in [9.17, 15) is 9.59 Å². The lowest BCUT2D eigenvalue weighted by Gasteiger charge is -2.25. The Morgan fingerprint density at radius 3 is 2.40 bits per heavy atom. The average molecular weight is 283 g/mol. The van der Waals surface area contributed by atoms with Crippen LogP contribution < -0.4 is 5.32 Å². The molecule has 1 amide bonds. The number of esters is 1. The number of ether oxygens (including phenoxy) is 2. The van der Waals surface area contributed by atoms with Crippen molar-refractivity contribution in [2.75, 3.05) is 20.3 Å². The normalized spacial score (nSPS) is 15.5. The third kappa shape index (κ3) is 8.20. The van der Waals surface area contributed by atoms with Crippen molar-refractivity contribution in [1.29, 1.82) is 0 Å². The molecular weight excluding hydrogens is 257 g/mol. The molecule has 0 saturated heterocycles. The van der Waals surface area contributed by atoms with Crippen LogP contribution >= 0.6 is 0 Å². The Labute approximate surface area is 123 Å². The summed E-state index contributed by atoms with van der Waals surface area (Å²) >= 11 is 0. The van der Waals surface area contributed by atoms with Crippen molar-refractivity contribution in [2.45, 2.75) is 51.9 Å². The standard InChI is InChI=1S/C14H26BNO4/c1-6-11(13(18)19-5)16-12(17)7-14(4,15)9-20-8-10(2)3/h10-11H,6-9H2,1-5H3,(H,16,17). The molecule has 6 heteroatoms. The Balaban J connectivity index is 4.25. The zero-order valence-electron chi connectivity index (χ0n) is 13.2. The summed E-state index contributed by atoms with van der Waals surface area (Å²) in [5, 5.41) is 1.87. The first-order chi connectivity index (χ1) is 9.21. The summed E-state index contributed by atoms with van der Waals surface area (Å²) in [4.78, 5) is 23.3. The van der Waals surface area contributed by atoms with Crippen LogP contribution in [0.1, 0.15) is 40.5 Å². The number of hydrogen-bond donors (Lipinski definition) is 1. The van der Waals surface area contributed by atoms with Gasteiger partial charge in [-0.05, 0) is 17.7 Å². The maximum absolute atomic E-state index is 11.9. The molecule has 2 atom stereocenters. The molecule has 0 aliphatic carbocycles. The Bertz CT molecular complexity index is 318. The van der Waals surface area contributed by atoms with Gasteiger partial charge in [-0.1, -0.05) is 27.7 Å². The van der Waals surface area contributed by atoms with Gasteiger partial charge in [0, 0.05) is 19.6 Å². The minimum absolute atomic E-state index is 0.0958. The van der Waals surface area contributed by atoms with E-state index in [1.54, 1.807) is 13.8 Å². The molecule has 1 N–H and O–H groups in total. The number of hydrogen-bond acceptors (Lipinski definition) is 4. The van der Waals surface area contributed by atoms with E-state index in [-0.39, 0.29) is 12.3 Å². The van der Waals surface area contributed by atoms with Crippen LogP contribution in [0, 0.1) is 5.92 Å². The monoisotopic (exact) mass is 283 g/mol. The highest BCUT2D eigenvalue weighted by molar-refractivity contribution is 6.16.